The molecule has 0 fully saturated rings. The molecular weight excluding hydrogens is 465 g/mol. The van der Waals surface area contributed by atoms with E-state index >= 15 is 0 Å². The normalized spacial score (nSPS) is 10.5. The number of carbonyl (C=O) groups excluding carboxylic acids is 1. The number of halogens is 2. The minimum atomic E-state index is -0.265. The fourth-order valence-corrected chi connectivity index (χ4v) is 3.57. The lowest BCUT2D eigenvalue weighted by atomic mass is 10.1. The van der Waals surface area contributed by atoms with E-state index in [2.05, 4.69) is 46.4 Å². The van der Waals surface area contributed by atoms with Gasteiger partial charge in [0.25, 0.3) is 5.91 Å². The van der Waals surface area contributed by atoms with E-state index in [0.29, 0.717) is 43.9 Å². The van der Waals surface area contributed by atoms with Crippen molar-refractivity contribution in [3.8, 4) is 0 Å². The van der Waals surface area contributed by atoms with Gasteiger partial charge in [0, 0.05) is 12.5 Å². The third-order valence-corrected chi connectivity index (χ3v) is 5.98. The predicted octanol–water partition coefficient (Wildman–Crippen LogP) is 7.41. The number of carbonyl (C=O) groups is 1. The van der Waals surface area contributed by atoms with Crippen LogP contribution in [0.15, 0.2) is 30.5 Å². The second-order valence-corrected chi connectivity index (χ2v) is 9.21. The van der Waals surface area contributed by atoms with Crippen LogP contribution in [0.4, 0.5) is 16.6 Å². The van der Waals surface area contributed by atoms with E-state index < -0.39 is 0 Å². The molecule has 0 spiro atoms. The number of nitrogens with zero attached hydrogens (tertiary/aromatic N) is 3. The van der Waals surface area contributed by atoms with Gasteiger partial charge in [-0.3, -0.25) is 4.79 Å². The fourth-order valence-electron chi connectivity index (χ4n) is 2.41. The summed E-state index contributed by atoms with van der Waals surface area (Å²) in [6, 6.07) is 7.16. The summed E-state index contributed by atoms with van der Waals surface area (Å²) in [5.74, 6) is 1.78. The first-order valence-corrected chi connectivity index (χ1v) is 12.2. The van der Waals surface area contributed by atoms with Crippen molar-refractivity contribution >= 4 is 57.1 Å². The maximum atomic E-state index is 12.6. The van der Waals surface area contributed by atoms with Gasteiger partial charge in [-0.05, 0) is 24.0 Å². The molecule has 0 unspecified atom stereocenters. The first-order chi connectivity index (χ1) is 15.3. The van der Waals surface area contributed by atoms with Gasteiger partial charge in [-0.15, -0.1) is 0 Å². The fraction of sp³-hybridized carbons (Fsp3) is 0.391. The van der Waals surface area contributed by atoms with Crippen LogP contribution < -0.4 is 10.6 Å². The van der Waals surface area contributed by atoms with Crippen molar-refractivity contribution in [1.82, 2.24) is 15.0 Å². The standard InChI is InChI=1S/C18H17Cl2N5OS.C5H12/c1-3-10-6-5-7-11(19)16(10)25-17(26)12-9-21-18(27-12)24-15-8-13(20)22-14(4-2)23-15;1-4-5(2)3/h5-9H,3-4H2,1-2H3,(H,25,26)(H,21,22,23,24);5H,4H2,1-3H3. The number of amides is 1. The van der Waals surface area contributed by atoms with Crippen molar-refractivity contribution in [3.05, 3.63) is 56.9 Å². The number of hydrogen-bond acceptors (Lipinski definition) is 6. The highest BCUT2D eigenvalue weighted by Crippen LogP contribution is 2.28. The zero-order valence-electron chi connectivity index (χ0n) is 19.0. The van der Waals surface area contributed by atoms with Crippen LogP contribution in [0, 0.1) is 5.92 Å². The molecule has 0 aliphatic rings. The summed E-state index contributed by atoms with van der Waals surface area (Å²) >= 11 is 13.4. The van der Waals surface area contributed by atoms with E-state index in [1.807, 2.05) is 26.0 Å². The van der Waals surface area contributed by atoms with Gasteiger partial charge in [-0.25, -0.2) is 15.0 Å². The highest BCUT2D eigenvalue weighted by atomic mass is 35.5. The van der Waals surface area contributed by atoms with Crippen molar-refractivity contribution in [2.24, 2.45) is 5.92 Å². The van der Waals surface area contributed by atoms with Gasteiger partial charge in [0.15, 0.2) is 5.13 Å². The van der Waals surface area contributed by atoms with Crippen LogP contribution in [-0.2, 0) is 12.8 Å². The molecule has 9 heteroatoms. The molecule has 3 aromatic rings. The lowest BCUT2D eigenvalue weighted by Gasteiger charge is -2.10. The summed E-state index contributed by atoms with van der Waals surface area (Å²) in [4.78, 5) is 25.7. The molecule has 172 valence electrons. The third-order valence-electron chi connectivity index (χ3n) is 4.56. The van der Waals surface area contributed by atoms with Crippen molar-refractivity contribution in [3.63, 3.8) is 0 Å². The summed E-state index contributed by atoms with van der Waals surface area (Å²) in [5, 5.41) is 7.33. The Kier molecular flexibility index (Phi) is 10.4. The number of hydrogen-bond donors (Lipinski definition) is 2. The topological polar surface area (TPSA) is 79.8 Å². The molecule has 0 atom stereocenters. The van der Waals surface area contributed by atoms with Crippen LogP contribution in [0.5, 0.6) is 0 Å². The summed E-state index contributed by atoms with van der Waals surface area (Å²) in [6.45, 7) is 10.6. The first-order valence-electron chi connectivity index (χ1n) is 10.6. The zero-order valence-corrected chi connectivity index (χ0v) is 21.3. The Morgan fingerprint density at radius 3 is 2.47 bits per heavy atom. The molecule has 0 radical (unpaired) electrons. The van der Waals surface area contributed by atoms with Crippen molar-refractivity contribution in [2.75, 3.05) is 10.6 Å². The monoisotopic (exact) mass is 493 g/mol. The number of benzene rings is 1. The van der Waals surface area contributed by atoms with Gasteiger partial charge in [0.2, 0.25) is 0 Å². The van der Waals surface area contributed by atoms with Gasteiger partial charge in [0.05, 0.1) is 16.9 Å². The summed E-state index contributed by atoms with van der Waals surface area (Å²) in [6.07, 6.45) is 4.24. The lowest BCUT2D eigenvalue weighted by Crippen LogP contribution is -2.12. The SMILES string of the molecule is CCC(C)C.CCc1nc(Cl)cc(Nc2ncc(C(=O)Nc3c(Cl)cccc3CC)s2)n1. The molecular formula is C23H29Cl2N5OS. The molecule has 0 saturated heterocycles. The average molecular weight is 494 g/mol. The van der Waals surface area contributed by atoms with E-state index in [1.54, 1.807) is 12.1 Å². The number of para-hydroxylation sites is 1. The van der Waals surface area contributed by atoms with E-state index in [1.165, 1.54) is 24.0 Å². The van der Waals surface area contributed by atoms with Crippen LogP contribution >= 0.6 is 34.5 Å². The van der Waals surface area contributed by atoms with Crippen LogP contribution in [-0.4, -0.2) is 20.9 Å². The van der Waals surface area contributed by atoms with Crippen molar-refractivity contribution in [2.45, 2.75) is 53.9 Å². The second-order valence-electron chi connectivity index (χ2n) is 7.38. The van der Waals surface area contributed by atoms with Crippen molar-refractivity contribution < 1.29 is 4.79 Å². The zero-order chi connectivity index (χ0) is 23.7. The largest absolute Gasteiger partial charge is 0.320 e. The van der Waals surface area contributed by atoms with Crippen LogP contribution in [0.2, 0.25) is 10.2 Å². The molecule has 1 aromatic carbocycles. The number of rotatable bonds is 7. The van der Waals surface area contributed by atoms with Crippen LogP contribution in [0.1, 0.15) is 62.1 Å². The molecule has 2 aromatic heterocycles. The van der Waals surface area contributed by atoms with Gasteiger partial charge >= 0.3 is 0 Å². The minimum Gasteiger partial charge on any atom is -0.320 e. The van der Waals surface area contributed by atoms with E-state index in [-0.39, 0.29) is 5.91 Å². The first kappa shape index (κ1) is 26.0. The summed E-state index contributed by atoms with van der Waals surface area (Å²) in [7, 11) is 0. The molecule has 6 nitrogen and oxygen atoms in total. The smallest absolute Gasteiger partial charge is 0.267 e. The van der Waals surface area contributed by atoms with Crippen LogP contribution in [0.3, 0.4) is 0 Å². The van der Waals surface area contributed by atoms with E-state index in [0.717, 1.165) is 17.9 Å². The Morgan fingerprint density at radius 1 is 1.12 bits per heavy atom. The quantitative estimate of drug-likeness (QED) is 0.334. The Hall–Kier alpha value is -2.22. The molecule has 3 rings (SSSR count). The number of aryl methyl sites for hydroxylation is 2. The molecule has 2 N–H and O–H groups in total. The molecule has 32 heavy (non-hydrogen) atoms. The van der Waals surface area contributed by atoms with Gasteiger partial charge < -0.3 is 10.6 Å². The van der Waals surface area contributed by atoms with E-state index in [9.17, 15) is 4.79 Å². The Bertz CT molecular complexity index is 1040. The minimum absolute atomic E-state index is 0.265. The van der Waals surface area contributed by atoms with E-state index in [4.69, 9.17) is 23.2 Å². The Labute approximate surface area is 203 Å². The molecule has 0 aliphatic heterocycles. The number of anilines is 3. The molecule has 2 heterocycles. The van der Waals surface area contributed by atoms with Crippen molar-refractivity contribution in [1.29, 1.82) is 0 Å². The van der Waals surface area contributed by atoms with Gasteiger partial charge in [0.1, 0.15) is 21.7 Å². The summed E-state index contributed by atoms with van der Waals surface area (Å²) in [5.41, 5.74) is 1.60. The number of nitrogens with one attached hydrogen (secondary N) is 2. The lowest BCUT2D eigenvalue weighted by molar-refractivity contribution is 0.103. The molecule has 1 amide bonds. The predicted molar refractivity (Wildman–Crippen MR) is 136 cm³/mol. The maximum absolute atomic E-state index is 12.6. The highest BCUT2D eigenvalue weighted by molar-refractivity contribution is 7.17. The molecule has 0 aliphatic carbocycles. The Morgan fingerprint density at radius 2 is 1.84 bits per heavy atom. The molecule has 0 saturated carbocycles. The third kappa shape index (κ3) is 7.73. The number of thiazole rings is 1. The maximum Gasteiger partial charge on any atom is 0.267 e. The summed E-state index contributed by atoms with van der Waals surface area (Å²) < 4.78 is 0. The Balaban J connectivity index is 0.000000654. The van der Waals surface area contributed by atoms with Crippen LogP contribution in [0.25, 0.3) is 0 Å². The second kappa shape index (κ2) is 12.7. The van der Waals surface area contributed by atoms with Gasteiger partial charge in [-0.1, -0.05) is 87.7 Å². The molecule has 0 bridgehead atoms. The average Bonchev–Trinajstić information content (AvgIpc) is 3.23. The highest BCUT2D eigenvalue weighted by Gasteiger charge is 2.15. The van der Waals surface area contributed by atoms with Gasteiger partial charge in [-0.2, -0.15) is 0 Å². The number of aromatic nitrogens is 3.